The average molecular weight is 233 g/mol. The molecular weight excluding hydrogens is 222 g/mol. The third-order valence-electron chi connectivity index (χ3n) is 2.27. The van der Waals surface area contributed by atoms with E-state index in [0.717, 1.165) is 5.52 Å². The van der Waals surface area contributed by atoms with Gasteiger partial charge in [0, 0.05) is 24.7 Å². The largest absolute Gasteiger partial charge is 0.465 e. The van der Waals surface area contributed by atoms with E-state index < -0.39 is 11.9 Å². The summed E-state index contributed by atoms with van der Waals surface area (Å²) in [5.74, 6) is -0.621. The topological polar surface area (TPSA) is 57.0 Å². The molecule has 17 heavy (non-hydrogen) atoms. The highest BCUT2D eigenvalue weighted by Gasteiger charge is 2.12. The first-order valence-corrected chi connectivity index (χ1v) is 4.99. The van der Waals surface area contributed by atoms with E-state index in [9.17, 15) is 9.59 Å². The molecule has 0 bridgehead atoms. The van der Waals surface area contributed by atoms with E-state index in [1.54, 1.807) is 28.8 Å². The van der Waals surface area contributed by atoms with Crippen LogP contribution in [0.4, 0.5) is 0 Å². The van der Waals surface area contributed by atoms with Crippen molar-refractivity contribution in [3.05, 3.63) is 36.0 Å². The highest BCUT2D eigenvalue weighted by Crippen LogP contribution is 2.19. The second kappa shape index (κ2) is 4.29. The van der Waals surface area contributed by atoms with Crippen LogP contribution >= 0.6 is 0 Å². The minimum atomic E-state index is -0.470. The smallest absolute Gasteiger partial charge is 0.338 e. The molecule has 0 aromatic carbocycles. The quantitative estimate of drug-likeness (QED) is 0.740. The summed E-state index contributed by atoms with van der Waals surface area (Å²) in [5.41, 5.74) is 1.10. The fourth-order valence-electron chi connectivity index (χ4n) is 1.58. The third kappa shape index (κ3) is 2.13. The molecule has 0 aliphatic heterocycles. The van der Waals surface area contributed by atoms with E-state index in [1.165, 1.54) is 20.1 Å². The van der Waals surface area contributed by atoms with Gasteiger partial charge in [-0.2, -0.15) is 0 Å². The molecule has 0 spiro atoms. The Kier molecular flexibility index (Phi) is 2.82. The zero-order chi connectivity index (χ0) is 12.4. The maximum absolute atomic E-state index is 11.4. The summed E-state index contributed by atoms with van der Waals surface area (Å²) < 4.78 is 11.3. The predicted molar refractivity (Wildman–Crippen MR) is 60.0 cm³/mol. The van der Waals surface area contributed by atoms with Crippen molar-refractivity contribution in [1.29, 1.82) is 0 Å². The number of ether oxygens (including phenoxy) is 2. The number of fused-ring (bicyclic) bond motifs is 1. The van der Waals surface area contributed by atoms with E-state index in [4.69, 9.17) is 4.74 Å². The Balaban J connectivity index is 2.58. The molecule has 0 fully saturated rings. The maximum Gasteiger partial charge on any atom is 0.338 e. The standard InChI is InChI=1S/C12H11NO4/c1-8(14)17-11-7-9(12(15)16-2)6-10-4-3-5-13(10)11/h3-7H,1-2H3. The van der Waals surface area contributed by atoms with Crippen molar-refractivity contribution < 1.29 is 19.1 Å². The monoisotopic (exact) mass is 233 g/mol. The molecule has 2 heterocycles. The lowest BCUT2D eigenvalue weighted by Crippen LogP contribution is -2.08. The van der Waals surface area contributed by atoms with Crippen LogP contribution in [0, 0.1) is 0 Å². The molecule has 2 aromatic rings. The number of esters is 2. The van der Waals surface area contributed by atoms with Crippen molar-refractivity contribution >= 4 is 17.5 Å². The van der Waals surface area contributed by atoms with Crippen LogP contribution in [-0.4, -0.2) is 23.4 Å². The lowest BCUT2D eigenvalue weighted by molar-refractivity contribution is -0.132. The zero-order valence-corrected chi connectivity index (χ0v) is 9.47. The Hall–Kier alpha value is -2.30. The lowest BCUT2D eigenvalue weighted by atomic mass is 10.2. The Bertz CT molecular complexity index is 585. The van der Waals surface area contributed by atoms with Gasteiger partial charge in [-0.25, -0.2) is 4.79 Å². The zero-order valence-electron chi connectivity index (χ0n) is 9.47. The maximum atomic E-state index is 11.4. The SMILES string of the molecule is COC(=O)c1cc(OC(C)=O)n2cccc2c1. The highest BCUT2D eigenvalue weighted by molar-refractivity contribution is 5.91. The summed E-state index contributed by atoms with van der Waals surface area (Å²) in [6.45, 7) is 1.31. The molecule has 0 aliphatic carbocycles. The van der Waals surface area contributed by atoms with E-state index in [-0.39, 0.29) is 0 Å². The number of hydrogen-bond acceptors (Lipinski definition) is 4. The Morgan fingerprint density at radius 2 is 2.06 bits per heavy atom. The number of nitrogens with zero attached hydrogens (tertiary/aromatic N) is 1. The summed E-state index contributed by atoms with van der Waals surface area (Å²) in [6, 6.07) is 6.74. The number of carbonyl (C=O) groups excluding carboxylic acids is 2. The highest BCUT2D eigenvalue weighted by atomic mass is 16.5. The summed E-state index contributed by atoms with van der Waals surface area (Å²) in [4.78, 5) is 22.4. The summed E-state index contributed by atoms with van der Waals surface area (Å²) in [6.07, 6.45) is 1.74. The van der Waals surface area contributed by atoms with Crippen LogP contribution in [0.25, 0.3) is 5.52 Å². The molecule has 2 aromatic heterocycles. The Morgan fingerprint density at radius 1 is 1.29 bits per heavy atom. The fourth-order valence-corrected chi connectivity index (χ4v) is 1.58. The van der Waals surface area contributed by atoms with Gasteiger partial charge in [0.05, 0.1) is 12.7 Å². The first-order chi connectivity index (χ1) is 8.11. The number of methoxy groups -OCH3 is 1. The summed E-state index contributed by atoms with van der Waals surface area (Å²) in [5, 5.41) is 0. The predicted octanol–water partition coefficient (Wildman–Crippen LogP) is 1.65. The number of carbonyl (C=O) groups is 2. The van der Waals surface area contributed by atoms with Gasteiger partial charge in [0.2, 0.25) is 5.88 Å². The Labute approximate surface area is 97.6 Å². The normalized spacial score (nSPS) is 10.2. The number of pyridine rings is 1. The van der Waals surface area contributed by atoms with E-state index in [1.807, 2.05) is 0 Å². The van der Waals surface area contributed by atoms with Crippen molar-refractivity contribution in [3.63, 3.8) is 0 Å². The van der Waals surface area contributed by atoms with Crippen LogP contribution in [0.3, 0.4) is 0 Å². The van der Waals surface area contributed by atoms with Crippen LogP contribution in [0.2, 0.25) is 0 Å². The van der Waals surface area contributed by atoms with Crippen molar-refractivity contribution in [2.75, 3.05) is 7.11 Å². The number of aromatic nitrogens is 1. The molecule has 5 nitrogen and oxygen atoms in total. The molecule has 0 amide bonds. The second-order valence-electron chi connectivity index (χ2n) is 3.47. The van der Waals surface area contributed by atoms with Crippen LogP contribution in [0.5, 0.6) is 5.88 Å². The van der Waals surface area contributed by atoms with Gasteiger partial charge >= 0.3 is 11.9 Å². The summed E-state index contributed by atoms with van der Waals surface area (Å²) >= 11 is 0. The first-order valence-electron chi connectivity index (χ1n) is 4.99. The van der Waals surface area contributed by atoms with Crippen molar-refractivity contribution in [2.24, 2.45) is 0 Å². The number of rotatable bonds is 2. The Morgan fingerprint density at radius 3 is 2.71 bits per heavy atom. The van der Waals surface area contributed by atoms with Crippen molar-refractivity contribution in [3.8, 4) is 5.88 Å². The molecule has 0 saturated carbocycles. The summed E-state index contributed by atoms with van der Waals surface area (Å²) in [7, 11) is 1.30. The van der Waals surface area contributed by atoms with Crippen LogP contribution in [0.1, 0.15) is 17.3 Å². The molecule has 88 valence electrons. The van der Waals surface area contributed by atoms with E-state index in [0.29, 0.717) is 11.4 Å². The van der Waals surface area contributed by atoms with Gasteiger partial charge < -0.3 is 9.47 Å². The minimum absolute atomic E-state index is 0.292. The van der Waals surface area contributed by atoms with Gasteiger partial charge in [-0.05, 0) is 18.2 Å². The fraction of sp³-hybridized carbons (Fsp3) is 0.167. The molecule has 0 N–H and O–H groups in total. The molecule has 2 rings (SSSR count). The molecule has 0 radical (unpaired) electrons. The van der Waals surface area contributed by atoms with Gasteiger partial charge in [-0.15, -0.1) is 0 Å². The molecule has 0 saturated heterocycles. The van der Waals surface area contributed by atoms with Crippen LogP contribution < -0.4 is 4.74 Å². The minimum Gasteiger partial charge on any atom is -0.465 e. The van der Waals surface area contributed by atoms with Gasteiger partial charge in [0.1, 0.15) is 0 Å². The lowest BCUT2D eigenvalue weighted by Gasteiger charge is -2.07. The molecule has 5 heteroatoms. The van der Waals surface area contributed by atoms with E-state index >= 15 is 0 Å². The molecule has 0 aliphatic rings. The molecular formula is C12H11NO4. The molecule has 0 atom stereocenters. The van der Waals surface area contributed by atoms with Gasteiger partial charge in [-0.1, -0.05) is 0 Å². The van der Waals surface area contributed by atoms with Gasteiger partial charge in [-0.3, -0.25) is 9.20 Å². The van der Waals surface area contributed by atoms with Crippen molar-refractivity contribution in [1.82, 2.24) is 4.40 Å². The average Bonchev–Trinajstić information content (AvgIpc) is 2.75. The second-order valence-corrected chi connectivity index (χ2v) is 3.47. The van der Waals surface area contributed by atoms with Crippen LogP contribution in [0.15, 0.2) is 30.5 Å². The third-order valence-corrected chi connectivity index (χ3v) is 2.27. The first kappa shape index (κ1) is 11.2. The van der Waals surface area contributed by atoms with Gasteiger partial charge in [0.25, 0.3) is 0 Å². The number of hydrogen-bond donors (Lipinski definition) is 0. The van der Waals surface area contributed by atoms with Gasteiger partial charge in [0.15, 0.2) is 0 Å². The van der Waals surface area contributed by atoms with Crippen molar-refractivity contribution in [2.45, 2.75) is 6.92 Å². The van der Waals surface area contributed by atoms with E-state index in [2.05, 4.69) is 4.74 Å². The van der Waals surface area contributed by atoms with Crippen LogP contribution in [-0.2, 0) is 9.53 Å². The molecule has 0 unspecified atom stereocenters.